The second-order valence-corrected chi connectivity index (χ2v) is 9.68. The molecule has 1 aromatic heterocycles. The third kappa shape index (κ3) is 2.98. The van der Waals surface area contributed by atoms with Crippen molar-refractivity contribution in [1.82, 2.24) is 0 Å². The van der Waals surface area contributed by atoms with Crippen LogP contribution in [0.1, 0.15) is 0 Å². The second-order valence-electron chi connectivity index (χ2n) is 9.68. The van der Waals surface area contributed by atoms with Gasteiger partial charge in [-0.3, -0.25) is 0 Å². The maximum absolute atomic E-state index is 6.51. The van der Waals surface area contributed by atoms with Crippen LogP contribution in [0.3, 0.4) is 0 Å². The van der Waals surface area contributed by atoms with E-state index in [0.717, 1.165) is 27.9 Å². The smallest absolute Gasteiger partial charge is 0.143 e. The Balaban J connectivity index is 1.50. The van der Waals surface area contributed by atoms with Crippen LogP contribution in [0.25, 0.3) is 76.9 Å². The molecule has 0 radical (unpaired) electrons. The third-order valence-electron chi connectivity index (χ3n) is 7.65. The summed E-state index contributed by atoms with van der Waals surface area (Å²) in [4.78, 5) is 0. The highest BCUT2D eigenvalue weighted by Crippen LogP contribution is 2.47. The molecule has 8 rings (SSSR count). The van der Waals surface area contributed by atoms with Crippen LogP contribution in [0.2, 0.25) is 0 Å². The first-order valence-corrected chi connectivity index (χ1v) is 12.7. The molecule has 1 heterocycles. The molecule has 0 aliphatic heterocycles. The predicted octanol–water partition coefficient (Wildman–Crippen LogP) is 10.3. The van der Waals surface area contributed by atoms with Crippen molar-refractivity contribution >= 4 is 43.3 Å². The van der Waals surface area contributed by atoms with Crippen LogP contribution in [0.15, 0.2) is 138 Å². The standard InChI is InChI=1S/C36H22O/c1-3-9-23(10-4-1)27-19-15-24-17-21-29-30(22-18-25-16-20-28(27)33(24)34(25)29)35-31-13-7-8-14-32(31)37-36(35)26-11-5-2-6-12-26/h1-22H. The highest BCUT2D eigenvalue weighted by atomic mass is 16.3. The summed E-state index contributed by atoms with van der Waals surface area (Å²) in [5.74, 6) is 0.918. The topological polar surface area (TPSA) is 13.1 Å². The third-order valence-corrected chi connectivity index (χ3v) is 7.65. The fraction of sp³-hybridized carbons (Fsp3) is 0. The van der Waals surface area contributed by atoms with Gasteiger partial charge < -0.3 is 4.42 Å². The maximum atomic E-state index is 6.51. The van der Waals surface area contributed by atoms with Gasteiger partial charge in [0.1, 0.15) is 11.3 Å². The Morgan fingerprint density at radius 3 is 1.62 bits per heavy atom. The number of rotatable bonds is 3. The number of furan rings is 1. The van der Waals surface area contributed by atoms with Gasteiger partial charge in [-0.05, 0) is 55.1 Å². The van der Waals surface area contributed by atoms with Crippen molar-refractivity contribution in [2.45, 2.75) is 0 Å². The van der Waals surface area contributed by atoms with Crippen molar-refractivity contribution in [2.24, 2.45) is 0 Å². The van der Waals surface area contributed by atoms with Crippen LogP contribution in [-0.4, -0.2) is 0 Å². The monoisotopic (exact) mass is 470 g/mol. The molecule has 0 aliphatic carbocycles. The summed E-state index contributed by atoms with van der Waals surface area (Å²) >= 11 is 0. The lowest BCUT2D eigenvalue weighted by atomic mass is 9.86. The van der Waals surface area contributed by atoms with Crippen molar-refractivity contribution in [3.05, 3.63) is 133 Å². The molecule has 0 spiro atoms. The summed E-state index contributed by atoms with van der Waals surface area (Å²) in [6, 6.07) is 47.7. The average molecular weight is 471 g/mol. The van der Waals surface area contributed by atoms with E-state index in [9.17, 15) is 0 Å². The molecule has 0 amide bonds. The van der Waals surface area contributed by atoms with Crippen molar-refractivity contribution in [1.29, 1.82) is 0 Å². The summed E-state index contributed by atoms with van der Waals surface area (Å²) in [5.41, 5.74) is 6.87. The average Bonchev–Trinajstić information content (AvgIpc) is 3.36. The lowest BCUT2D eigenvalue weighted by molar-refractivity contribution is 0.632. The summed E-state index contributed by atoms with van der Waals surface area (Å²) in [6.45, 7) is 0. The lowest BCUT2D eigenvalue weighted by Gasteiger charge is -2.16. The first kappa shape index (κ1) is 20.3. The molecule has 0 aliphatic rings. The Hall–Kier alpha value is -4.88. The Labute approximate surface area is 214 Å². The van der Waals surface area contributed by atoms with Gasteiger partial charge in [-0.25, -0.2) is 0 Å². The van der Waals surface area contributed by atoms with E-state index in [1.807, 2.05) is 12.1 Å². The van der Waals surface area contributed by atoms with Gasteiger partial charge >= 0.3 is 0 Å². The van der Waals surface area contributed by atoms with Crippen molar-refractivity contribution in [2.75, 3.05) is 0 Å². The SMILES string of the molecule is c1ccc(-c2oc3ccccc3c2-c2ccc3ccc4c(-c5ccccc5)ccc5ccc2c3c54)cc1. The zero-order valence-electron chi connectivity index (χ0n) is 20.1. The number of benzene rings is 7. The molecule has 1 heteroatoms. The van der Waals surface area contributed by atoms with E-state index in [2.05, 4.69) is 121 Å². The largest absolute Gasteiger partial charge is 0.455 e. The first-order chi connectivity index (χ1) is 18.4. The minimum atomic E-state index is 0.911. The number of hydrogen-bond acceptors (Lipinski definition) is 1. The zero-order chi connectivity index (χ0) is 24.3. The number of para-hydroxylation sites is 1. The first-order valence-electron chi connectivity index (χ1n) is 12.7. The molecule has 1 nitrogen and oxygen atoms in total. The van der Waals surface area contributed by atoms with Gasteiger partial charge in [0.05, 0.1) is 0 Å². The Morgan fingerprint density at radius 1 is 0.378 bits per heavy atom. The molecule has 0 N–H and O–H groups in total. The van der Waals surface area contributed by atoms with E-state index in [4.69, 9.17) is 4.42 Å². The fourth-order valence-electron chi connectivity index (χ4n) is 5.99. The predicted molar refractivity (Wildman–Crippen MR) is 156 cm³/mol. The summed E-state index contributed by atoms with van der Waals surface area (Å²) < 4.78 is 6.51. The summed E-state index contributed by atoms with van der Waals surface area (Å²) in [6.07, 6.45) is 0. The van der Waals surface area contributed by atoms with Crippen LogP contribution in [-0.2, 0) is 0 Å². The Kier molecular flexibility index (Phi) is 4.29. The molecule has 37 heavy (non-hydrogen) atoms. The Morgan fingerprint density at radius 2 is 0.919 bits per heavy atom. The highest BCUT2D eigenvalue weighted by Gasteiger charge is 2.21. The van der Waals surface area contributed by atoms with E-state index in [1.165, 1.54) is 49.0 Å². The van der Waals surface area contributed by atoms with E-state index in [1.54, 1.807) is 0 Å². The van der Waals surface area contributed by atoms with Crippen molar-refractivity contribution in [3.8, 4) is 33.6 Å². The number of fused-ring (bicyclic) bond motifs is 1. The van der Waals surface area contributed by atoms with Gasteiger partial charge in [-0.15, -0.1) is 0 Å². The normalized spacial score (nSPS) is 11.8. The van der Waals surface area contributed by atoms with Gasteiger partial charge in [0.25, 0.3) is 0 Å². The van der Waals surface area contributed by atoms with Gasteiger partial charge in [0.2, 0.25) is 0 Å². The molecular weight excluding hydrogens is 448 g/mol. The second kappa shape index (κ2) is 7.81. The van der Waals surface area contributed by atoms with Crippen LogP contribution in [0.4, 0.5) is 0 Å². The maximum Gasteiger partial charge on any atom is 0.143 e. The van der Waals surface area contributed by atoms with Gasteiger partial charge in [-0.2, -0.15) is 0 Å². The zero-order valence-corrected chi connectivity index (χ0v) is 20.1. The van der Waals surface area contributed by atoms with E-state index < -0.39 is 0 Å². The summed E-state index contributed by atoms with van der Waals surface area (Å²) in [7, 11) is 0. The molecule has 0 atom stereocenters. The molecule has 7 aromatic carbocycles. The highest BCUT2D eigenvalue weighted by molar-refractivity contribution is 6.28. The summed E-state index contributed by atoms with van der Waals surface area (Å²) in [5, 5.41) is 8.86. The fourth-order valence-corrected chi connectivity index (χ4v) is 5.99. The van der Waals surface area contributed by atoms with Gasteiger partial charge in [0, 0.05) is 16.5 Å². The van der Waals surface area contributed by atoms with Crippen LogP contribution >= 0.6 is 0 Å². The lowest BCUT2D eigenvalue weighted by Crippen LogP contribution is -1.90. The molecule has 0 bridgehead atoms. The molecule has 0 saturated carbocycles. The Bertz CT molecular complexity index is 2060. The molecule has 0 unspecified atom stereocenters. The van der Waals surface area contributed by atoms with Gasteiger partial charge in [0.15, 0.2) is 0 Å². The van der Waals surface area contributed by atoms with E-state index in [-0.39, 0.29) is 0 Å². The quantitative estimate of drug-likeness (QED) is 0.234. The number of hydrogen-bond donors (Lipinski definition) is 0. The van der Waals surface area contributed by atoms with Crippen molar-refractivity contribution in [3.63, 3.8) is 0 Å². The van der Waals surface area contributed by atoms with Crippen LogP contribution in [0.5, 0.6) is 0 Å². The molecule has 0 fully saturated rings. The molecule has 8 aromatic rings. The van der Waals surface area contributed by atoms with E-state index >= 15 is 0 Å². The molecule has 172 valence electrons. The van der Waals surface area contributed by atoms with Crippen LogP contribution in [0, 0.1) is 0 Å². The molecule has 0 saturated heterocycles. The minimum Gasteiger partial charge on any atom is -0.455 e. The van der Waals surface area contributed by atoms with E-state index in [0.29, 0.717) is 0 Å². The van der Waals surface area contributed by atoms with Gasteiger partial charge in [-0.1, -0.05) is 127 Å². The molecular formula is C36H22O. The van der Waals surface area contributed by atoms with Crippen LogP contribution < -0.4 is 0 Å². The minimum absolute atomic E-state index is 0.911. The van der Waals surface area contributed by atoms with Crippen molar-refractivity contribution < 1.29 is 4.42 Å².